The molecule has 0 spiro atoms. The van der Waals surface area contributed by atoms with Gasteiger partial charge in [-0.15, -0.1) is 0 Å². The number of hydrogen-bond donors (Lipinski definition) is 1. The minimum absolute atomic E-state index is 0.0520. The molecule has 1 aliphatic heterocycles. The van der Waals surface area contributed by atoms with Gasteiger partial charge in [0.2, 0.25) is 0 Å². The van der Waals surface area contributed by atoms with Crippen molar-refractivity contribution in [1.29, 1.82) is 0 Å². The minimum atomic E-state index is -0.113. The summed E-state index contributed by atoms with van der Waals surface area (Å²) in [5.74, 6) is 2.35. The molecule has 2 rings (SSSR count). The average molecular weight is 234 g/mol. The van der Waals surface area contributed by atoms with E-state index in [0.29, 0.717) is 0 Å². The van der Waals surface area contributed by atoms with Crippen molar-refractivity contribution in [2.45, 2.75) is 32.8 Å². The summed E-state index contributed by atoms with van der Waals surface area (Å²) >= 11 is 0. The average Bonchev–Trinajstić information content (AvgIpc) is 2.38. The third kappa shape index (κ3) is 2.61. The zero-order valence-electron chi connectivity index (χ0n) is 10.3. The summed E-state index contributed by atoms with van der Waals surface area (Å²) in [5, 5.41) is 9.16. The van der Waals surface area contributed by atoms with Crippen LogP contribution in [-0.2, 0) is 6.42 Å². The second-order valence-electron chi connectivity index (χ2n) is 4.21. The number of aryl methyl sites for hydroxylation is 1. The number of fused-ring (bicyclic) bond motifs is 1. The number of aliphatic hydroxyl groups is 1. The SMILES string of the molecule is CC=C(C)Oc1cccc2c1OC(CO)CC2. The predicted octanol–water partition coefficient (Wildman–Crippen LogP) is 2.68. The molecule has 1 N–H and O–H groups in total. The van der Waals surface area contributed by atoms with E-state index < -0.39 is 0 Å². The van der Waals surface area contributed by atoms with Gasteiger partial charge in [0.15, 0.2) is 11.5 Å². The minimum Gasteiger partial charge on any atom is -0.484 e. The Morgan fingerprint density at radius 1 is 1.59 bits per heavy atom. The van der Waals surface area contributed by atoms with Crippen LogP contribution in [0.3, 0.4) is 0 Å². The highest BCUT2D eigenvalue weighted by Crippen LogP contribution is 2.37. The van der Waals surface area contributed by atoms with E-state index in [1.807, 2.05) is 38.1 Å². The monoisotopic (exact) mass is 234 g/mol. The number of para-hydroxylation sites is 1. The summed E-state index contributed by atoms with van der Waals surface area (Å²) in [5.41, 5.74) is 1.15. The summed E-state index contributed by atoms with van der Waals surface area (Å²) in [6.07, 6.45) is 3.58. The van der Waals surface area contributed by atoms with E-state index in [2.05, 4.69) is 0 Å². The van der Waals surface area contributed by atoms with Gasteiger partial charge in [0.1, 0.15) is 6.10 Å². The van der Waals surface area contributed by atoms with Gasteiger partial charge in [-0.1, -0.05) is 12.1 Å². The summed E-state index contributed by atoms with van der Waals surface area (Å²) in [7, 11) is 0. The molecule has 1 heterocycles. The van der Waals surface area contributed by atoms with E-state index in [1.54, 1.807) is 0 Å². The van der Waals surface area contributed by atoms with Crippen LogP contribution in [0.1, 0.15) is 25.8 Å². The molecule has 0 aliphatic carbocycles. The van der Waals surface area contributed by atoms with Gasteiger partial charge in [-0.25, -0.2) is 0 Å². The second-order valence-corrected chi connectivity index (χ2v) is 4.21. The summed E-state index contributed by atoms with van der Waals surface area (Å²) < 4.78 is 11.5. The molecule has 92 valence electrons. The Hall–Kier alpha value is -1.48. The quantitative estimate of drug-likeness (QED) is 0.817. The zero-order valence-corrected chi connectivity index (χ0v) is 10.3. The summed E-state index contributed by atoms with van der Waals surface area (Å²) in [4.78, 5) is 0. The molecule has 3 heteroatoms. The van der Waals surface area contributed by atoms with Crippen molar-refractivity contribution < 1.29 is 14.6 Å². The van der Waals surface area contributed by atoms with E-state index in [-0.39, 0.29) is 12.7 Å². The molecule has 1 aromatic carbocycles. The Balaban J connectivity index is 2.28. The number of aliphatic hydroxyl groups excluding tert-OH is 1. The molecule has 0 saturated heterocycles. The third-order valence-electron chi connectivity index (χ3n) is 2.96. The van der Waals surface area contributed by atoms with Crippen molar-refractivity contribution >= 4 is 0 Å². The standard InChI is InChI=1S/C14H18O3/c1-3-10(2)16-13-6-4-5-11-7-8-12(9-15)17-14(11)13/h3-6,12,15H,7-9H2,1-2H3. The maximum Gasteiger partial charge on any atom is 0.169 e. The van der Waals surface area contributed by atoms with Gasteiger partial charge < -0.3 is 14.6 Å². The molecule has 1 aromatic rings. The highest BCUT2D eigenvalue weighted by Gasteiger charge is 2.22. The topological polar surface area (TPSA) is 38.7 Å². The molecule has 1 unspecified atom stereocenters. The first-order valence-corrected chi connectivity index (χ1v) is 5.94. The molecule has 0 aromatic heterocycles. The third-order valence-corrected chi connectivity index (χ3v) is 2.96. The Bertz CT molecular complexity index is 423. The first-order chi connectivity index (χ1) is 8.24. The van der Waals surface area contributed by atoms with Crippen LogP contribution in [0.5, 0.6) is 11.5 Å². The molecular formula is C14H18O3. The maximum atomic E-state index is 9.16. The lowest BCUT2D eigenvalue weighted by atomic mass is 10.0. The van der Waals surface area contributed by atoms with Crippen LogP contribution < -0.4 is 9.47 Å². The Kier molecular flexibility index (Phi) is 3.69. The highest BCUT2D eigenvalue weighted by molar-refractivity contribution is 5.48. The van der Waals surface area contributed by atoms with Crippen LogP contribution in [0.15, 0.2) is 30.0 Å². The van der Waals surface area contributed by atoms with Crippen LogP contribution in [0.25, 0.3) is 0 Å². The van der Waals surface area contributed by atoms with E-state index >= 15 is 0 Å². The Labute approximate surface area is 102 Å². The van der Waals surface area contributed by atoms with Crippen molar-refractivity contribution in [2.75, 3.05) is 6.61 Å². The first-order valence-electron chi connectivity index (χ1n) is 5.94. The van der Waals surface area contributed by atoms with Crippen molar-refractivity contribution in [2.24, 2.45) is 0 Å². The van der Waals surface area contributed by atoms with Gasteiger partial charge in [0, 0.05) is 0 Å². The van der Waals surface area contributed by atoms with Gasteiger partial charge in [-0.3, -0.25) is 0 Å². The number of benzene rings is 1. The highest BCUT2D eigenvalue weighted by atomic mass is 16.5. The van der Waals surface area contributed by atoms with Gasteiger partial charge in [-0.05, 0) is 44.4 Å². The Morgan fingerprint density at radius 2 is 2.41 bits per heavy atom. The van der Waals surface area contributed by atoms with Gasteiger partial charge in [-0.2, -0.15) is 0 Å². The maximum absolute atomic E-state index is 9.16. The molecule has 0 saturated carbocycles. The summed E-state index contributed by atoms with van der Waals surface area (Å²) in [6.45, 7) is 3.89. The van der Waals surface area contributed by atoms with Gasteiger partial charge in [0.05, 0.1) is 12.4 Å². The number of rotatable bonds is 3. The molecule has 0 amide bonds. The Morgan fingerprint density at radius 3 is 3.12 bits per heavy atom. The van der Waals surface area contributed by atoms with Crippen LogP contribution in [0, 0.1) is 0 Å². The first kappa shape index (κ1) is 12.0. The van der Waals surface area contributed by atoms with E-state index in [9.17, 15) is 0 Å². The van der Waals surface area contributed by atoms with E-state index in [0.717, 1.165) is 35.7 Å². The fourth-order valence-corrected chi connectivity index (χ4v) is 1.88. The molecule has 0 bridgehead atoms. The van der Waals surface area contributed by atoms with E-state index in [4.69, 9.17) is 14.6 Å². The molecule has 0 fully saturated rings. The molecular weight excluding hydrogens is 216 g/mol. The van der Waals surface area contributed by atoms with E-state index in [1.165, 1.54) is 0 Å². The van der Waals surface area contributed by atoms with Crippen molar-refractivity contribution in [3.05, 3.63) is 35.6 Å². The lowest BCUT2D eigenvalue weighted by Gasteiger charge is -2.26. The number of allylic oxidation sites excluding steroid dienone is 2. The largest absolute Gasteiger partial charge is 0.484 e. The predicted molar refractivity (Wildman–Crippen MR) is 66.3 cm³/mol. The van der Waals surface area contributed by atoms with Crippen LogP contribution in [0.4, 0.5) is 0 Å². The number of hydrogen-bond acceptors (Lipinski definition) is 3. The van der Waals surface area contributed by atoms with Crippen molar-refractivity contribution in [3.8, 4) is 11.5 Å². The van der Waals surface area contributed by atoms with Crippen LogP contribution in [-0.4, -0.2) is 17.8 Å². The lowest BCUT2D eigenvalue weighted by Crippen LogP contribution is -2.26. The summed E-state index contributed by atoms with van der Waals surface area (Å²) in [6, 6.07) is 5.91. The van der Waals surface area contributed by atoms with Crippen LogP contribution in [0.2, 0.25) is 0 Å². The van der Waals surface area contributed by atoms with Gasteiger partial charge >= 0.3 is 0 Å². The molecule has 1 atom stereocenters. The van der Waals surface area contributed by atoms with Crippen LogP contribution >= 0.6 is 0 Å². The lowest BCUT2D eigenvalue weighted by molar-refractivity contribution is 0.0947. The molecule has 0 radical (unpaired) electrons. The zero-order chi connectivity index (χ0) is 12.3. The molecule has 3 nitrogen and oxygen atoms in total. The van der Waals surface area contributed by atoms with Crippen molar-refractivity contribution in [1.82, 2.24) is 0 Å². The van der Waals surface area contributed by atoms with Gasteiger partial charge in [0.25, 0.3) is 0 Å². The smallest absolute Gasteiger partial charge is 0.169 e. The van der Waals surface area contributed by atoms with Crippen molar-refractivity contribution in [3.63, 3.8) is 0 Å². The fourth-order valence-electron chi connectivity index (χ4n) is 1.88. The molecule has 17 heavy (non-hydrogen) atoms. The second kappa shape index (κ2) is 5.23. The fraction of sp³-hybridized carbons (Fsp3) is 0.429. The molecule has 1 aliphatic rings. The number of ether oxygens (including phenoxy) is 2. The normalized spacial score (nSPS) is 19.5.